The van der Waals surface area contributed by atoms with Gasteiger partial charge in [-0.25, -0.2) is 12.4 Å². The maximum absolute atomic E-state index is 13.0. The summed E-state index contributed by atoms with van der Waals surface area (Å²) in [6, 6.07) is 10.9. The van der Waals surface area contributed by atoms with Crippen molar-refractivity contribution in [2.24, 2.45) is 0 Å². The van der Waals surface area contributed by atoms with Crippen molar-refractivity contribution in [1.82, 2.24) is 3.97 Å². The fourth-order valence-corrected chi connectivity index (χ4v) is 4.25. The minimum absolute atomic E-state index is 0.0967. The molecule has 6 nitrogen and oxygen atoms in total. The fraction of sp³-hybridized carbons (Fsp3) is 0.167. The quantitative estimate of drug-likeness (QED) is 0.692. The lowest BCUT2D eigenvalue weighted by atomic mass is 10.1. The summed E-state index contributed by atoms with van der Waals surface area (Å²) in [6.45, 7) is 0. The molecule has 1 N–H and O–H groups in total. The molecule has 3 rings (SSSR count). The summed E-state index contributed by atoms with van der Waals surface area (Å²) >= 11 is 5.84. The van der Waals surface area contributed by atoms with Gasteiger partial charge in [0.1, 0.15) is 5.75 Å². The van der Waals surface area contributed by atoms with Crippen molar-refractivity contribution >= 4 is 38.5 Å². The molecule has 0 aliphatic heterocycles. The normalized spacial score (nSPS) is 11.6. The van der Waals surface area contributed by atoms with Crippen LogP contribution < -0.4 is 4.74 Å². The lowest BCUT2D eigenvalue weighted by Crippen LogP contribution is -2.11. The number of rotatable bonds is 6. The topological polar surface area (TPSA) is 85.6 Å². The van der Waals surface area contributed by atoms with Gasteiger partial charge >= 0.3 is 5.97 Å². The molecule has 0 spiro atoms. The van der Waals surface area contributed by atoms with Crippen molar-refractivity contribution in [3.63, 3.8) is 0 Å². The SMILES string of the molecule is COc1ccc2c(c1)c(CCC(=O)O)cn2S(=O)(=O)c1ccc(Cl)cc1. The van der Waals surface area contributed by atoms with E-state index in [0.717, 1.165) is 0 Å². The number of aryl methyl sites for hydroxylation is 1. The first-order valence-corrected chi connectivity index (χ1v) is 9.55. The minimum Gasteiger partial charge on any atom is -0.497 e. The highest BCUT2D eigenvalue weighted by atomic mass is 35.5. The van der Waals surface area contributed by atoms with E-state index < -0.39 is 16.0 Å². The van der Waals surface area contributed by atoms with Gasteiger partial charge in [0.05, 0.1) is 17.5 Å². The van der Waals surface area contributed by atoms with Crippen LogP contribution in [-0.2, 0) is 21.2 Å². The van der Waals surface area contributed by atoms with Gasteiger partial charge in [0.15, 0.2) is 0 Å². The van der Waals surface area contributed by atoms with Crippen LogP contribution in [0.3, 0.4) is 0 Å². The molecule has 0 fully saturated rings. The Kier molecular flexibility index (Phi) is 4.93. The Morgan fingerprint density at radius 1 is 1.19 bits per heavy atom. The van der Waals surface area contributed by atoms with Crippen LogP contribution in [0, 0.1) is 0 Å². The summed E-state index contributed by atoms with van der Waals surface area (Å²) < 4.78 is 32.4. The number of halogens is 1. The second kappa shape index (κ2) is 7.01. The first kappa shape index (κ1) is 18.3. The molecule has 0 atom stereocenters. The number of hydrogen-bond donors (Lipinski definition) is 1. The maximum atomic E-state index is 13.0. The number of ether oxygens (including phenoxy) is 1. The van der Waals surface area contributed by atoms with E-state index in [1.54, 1.807) is 18.2 Å². The van der Waals surface area contributed by atoms with E-state index in [0.29, 0.717) is 27.2 Å². The van der Waals surface area contributed by atoms with Crippen LogP contribution in [-0.4, -0.2) is 30.6 Å². The van der Waals surface area contributed by atoms with E-state index >= 15 is 0 Å². The maximum Gasteiger partial charge on any atom is 0.303 e. The highest BCUT2D eigenvalue weighted by Crippen LogP contribution is 2.30. The van der Waals surface area contributed by atoms with Crippen LogP contribution in [0.4, 0.5) is 0 Å². The molecule has 1 aromatic heterocycles. The van der Waals surface area contributed by atoms with Gasteiger partial charge in [0, 0.05) is 23.0 Å². The van der Waals surface area contributed by atoms with Gasteiger partial charge in [-0.15, -0.1) is 0 Å². The van der Waals surface area contributed by atoms with Crippen molar-refractivity contribution in [2.45, 2.75) is 17.7 Å². The summed E-state index contributed by atoms with van der Waals surface area (Å²) in [7, 11) is -2.34. The molecule has 3 aromatic rings. The van der Waals surface area contributed by atoms with Crippen LogP contribution in [0.15, 0.2) is 53.6 Å². The third kappa shape index (κ3) is 3.40. The number of aliphatic carboxylic acids is 1. The van der Waals surface area contributed by atoms with Crippen molar-refractivity contribution in [2.75, 3.05) is 7.11 Å². The molecular formula is C18H16ClNO5S. The molecule has 0 aliphatic rings. The Balaban J connectivity index is 2.19. The molecular weight excluding hydrogens is 378 g/mol. The average Bonchev–Trinajstić information content (AvgIpc) is 2.99. The zero-order valence-electron chi connectivity index (χ0n) is 13.8. The van der Waals surface area contributed by atoms with Crippen LogP contribution in [0.5, 0.6) is 5.75 Å². The molecule has 0 bridgehead atoms. The molecule has 0 radical (unpaired) electrons. The minimum atomic E-state index is -3.85. The first-order valence-electron chi connectivity index (χ1n) is 7.74. The summed E-state index contributed by atoms with van der Waals surface area (Å²) in [6.07, 6.45) is 1.58. The summed E-state index contributed by atoms with van der Waals surface area (Å²) in [4.78, 5) is 11.0. The van der Waals surface area contributed by atoms with E-state index in [1.807, 2.05) is 0 Å². The predicted octanol–water partition coefficient (Wildman–Crippen LogP) is 3.56. The standard InChI is InChI=1S/C18H16ClNO5S/c1-25-14-5-8-17-16(10-14)12(2-9-18(21)22)11-20(17)26(23,24)15-6-3-13(19)4-7-15/h3-8,10-11H,2,9H2,1H3,(H,21,22). The van der Waals surface area contributed by atoms with Crippen molar-refractivity contribution in [3.8, 4) is 5.75 Å². The van der Waals surface area contributed by atoms with Gasteiger partial charge in [-0.1, -0.05) is 11.6 Å². The van der Waals surface area contributed by atoms with Crippen molar-refractivity contribution < 1.29 is 23.1 Å². The lowest BCUT2D eigenvalue weighted by Gasteiger charge is -2.08. The van der Waals surface area contributed by atoms with Gasteiger partial charge < -0.3 is 9.84 Å². The Bertz CT molecular complexity index is 1070. The van der Waals surface area contributed by atoms with E-state index in [-0.39, 0.29) is 17.7 Å². The number of hydrogen-bond acceptors (Lipinski definition) is 4. The van der Waals surface area contributed by atoms with E-state index in [9.17, 15) is 13.2 Å². The number of benzene rings is 2. The molecule has 2 aromatic carbocycles. The number of carboxylic acid groups (broad SMARTS) is 1. The van der Waals surface area contributed by atoms with Crippen LogP contribution in [0.2, 0.25) is 5.02 Å². The number of carboxylic acids is 1. The second-order valence-corrected chi connectivity index (χ2v) is 7.94. The fourth-order valence-electron chi connectivity index (χ4n) is 2.73. The van der Waals surface area contributed by atoms with E-state index in [1.165, 1.54) is 41.5 Å². The van der Waals surface area contributed by atoms with Gasteiger partial charge in [-0.3, -0.25) is 4.79 Å². The Morgan fingerprint density at radius 2 is 1.88 bits per heavy atom. The number of fused-ring (bicyclic) bond motifs is 1. The van der Waals surface area contributed by atoms with E-state index in [2.05, 4.69) is 0 Å². The monoisotopic (exact) mass is 393 g/mol. The number of methoxy groups -OCH3 is 1. The molecule has 0 saturated heterocycles. The summed E-state index contributed by atoms with van der Waals surface area (Å²) in [5, 5.41) is 10.0. The van der Waals surface area contributed by atoms with Crippen LogP contribution >= 0.6 is 11.6 Å². The van der Waals surface area contributed by atoms with E-state index in [4.69, 9.17) is 21.4 Å². The van der Waals surface area contributed by atoms with Crippen LogP contribution in [0.25, 0.3) is 10.9 Å². The first-order chi connectivity index (χ1) is 12.3. The lowest BCUT2D eigenvalue weighted by molar-refractivity contribution is -0.136. The number of carbonyl (C=O) groups is 1. The highest BCUT2D eigenvalue weighted by Gasteiger charge is 2.22. The number of nitrogens with zero attached hydrogens (tertiary/aromatic N) is 1. The Labute approximate surface area is 155 Å². The van der Waals surface area contributed by atoms with Gasteiger partial charge in [0.2, 0.25) is 0 Å². The summed E-state index contributed by atoms with van der Waals surface area (Å²) in [5.41, 5.74) is 1.08. The van der Waals surface area contributed by atoms with Crippen LogP contribution in [0.1, 0.15) is 12.0 Å². The molecule has 0 aliphatic carbocycles. The Morgan fingerprint density at radius 3 is 2.50 bits per heavy atom. The molecule has 136 valence electrons. The van der Waals surface area contributed by atoms with Gasteiger partial charge in [-0.2, -0.15) is 0 Å². The third-order valence-corrected chi connectivity index (χ3v) is 5.98. The van der Waals surface area contributed by atoms with Crippen molar-refractivity contribution in [1.29, 1.82) is 0 Å². The largest absolute Gasteiger partial charge is 0.497 e. The number of aromatic nitrogens is 1. The van der Waals surface area contributed by atoms with Crippen molar-refractivity contribution in [3.05, 3.63) is 59.2 Å². The molecule has 0 amide bonds. The zero-order valence-corrected chi connectivity index (χ0v) is 15.4. The zero-order chi connectivity index (χ0) is 18.9. The third-order valence-electron chi connectivity index (χ3n) is 4.04. The highest BCUT2D eigenvalue weighted by molar-refractivity contribution is 7.90. The Hall–Kier alpha value is -2.51. The molecule has 0 saturated carbocycles. The molecule has 26 heavy (non-hydrogen) atoms. The summed E-state index contributed by atoms with van der Waals surface area (Å²) in [5.74, 6) is -0.384. The van der Waals surface area contributed by atoms with Gasteiger partial charge in [0.25, 0.3) is 10.0 Å². The second-order valence-electron chi connectivity index (χ2n) is 5.69. The van der Waals surface area contributed by atoms with Gasteiger partial charge in [-0.05, 0) is 54.4 Å². The molecule has 1 heterocycles. The molecule has 0 unspecified atom stereocenters. The predicted molar refractivity (Wildman–Crippen MR) is 98.5 cm³/mol. The average molecular weight is 394 g/mol. The smallest absolute Gasteiger partial charge is 0.303 e. The molecule has 8 heteroatoms.